The molecule has 1 saturated heterocycles. The Morgan fingerprint density at radius 3 is 2.52 bits per heavy atom. The van der Waals surface area contributed by atoms with Gasteiger partial charge in [0.1, 0.15) is 5.69 Å². The number of aromatic nitrogens is 1. The van der Waals surface area contributed by atoms with E-state index in [1.807, 2.05) is 25.7 Å². The number of hydrogen-bond acceptors (Lipinski definition) is 3. The molecule has 2 heterocycles. The van der Waals surface area contributed by atoms with Gasteiger partial charge in [-0.2, -0.15) is 0 Å². The van der Waals surface area contributed by atoms with Gasteiger partial charge in [-0.25, -0.2) is 0 Å². The van der Waals surface area contributed by atoms with Crippen LogP contribution in [0.1, 0.15) is 58.8 Å². The van der Waals surface area contributed by atoms with Gasteiger partial charge in [0.15, 0.2) is 5.78 Å². The van der Waals surface area contributed by atoms with Gasteiger partial charge >= 0.3 is 0 Å². The Morgan fingerprint density at radius 1 is 1.24 bits per heavy atom. The number of Topliss-reactive ketones (excluding diaryl/α,β-unsaturated/α-hetero) is 1. The Bertz CT molecular complexity index is 581. The third-order valence-electron chi connectivity index (χ3n) is 4.36. The van der Waals surface area contributed by atoms with Gasteiger partial charge in [-0.15, -0.1) is 0 Å². The standard InChI is InChI=1S/C16H22N2O3/c1-9-7-18(8-10(2)21-9)16(20)15-11(3)14-12(17-15)5-4-6-13(14)19/h9-10,17H,4-8H2,1-3H3/t9-,10-/m0/s1. The number of carbonyl (C=O) groups excluding carboxylic acids is 2. The molecule has 1 aliphatic carbocycles. The van der Waals surface area contributed by atoms with E-state index in [2.05, 4.69) is 4.98 Å². The molecule has 0 saturated carbocycles. The van der Waals surface area contributed by atoms with E-state index in [-0.39, 0.29) is 23.9 Å². The monoisotopic (exact) mass is 290 g/mol. The van der Waals surface area contributed by atoms with Crippen LogP contribution in [0.5, 0.6) is 0 Å². The van der Waals surface area contributed by atoms with Crippen molar-refractivity contribution in [1.82, 2.24) is 9.88 Å². The van der Waals surface area contributed by atoms with Crippen molar-refractivity contribution in [2.75, 3.05) is 13.1 Å². The maximum atomic E-state index is 12.8. The Morgan fingerprint density at radius 2 is 1.90 bits per heavy atom. The van der Waals surface area contributed by atoms with Crippen LogP contribution in [-0.2, 0) is 11.2 Å². The van der Waals surface area contributed by atoms with E-state index in [0.717, 1.165) is 29.7 Å². The summed E-state index contributed by atoms with van der Waals surface area (Å²) in [6, 6.07) is 0. The Labute approximate surface area is 124 Å². The molecule has 1 amide bonds. The zero-order valence-electron chi connectivity index (χ0n) is 12.9. The number of aromatic amines is 1. The highest BCUT2D eigenvalue weighted by atomic mass is 16.5. The SMILES string of the molecule is Cc1c(C(=O)N2C[C@H](C)O[C@@H](C)C2)[nH]c2c1C(=O)CCC2. The summed E-state index contributed by atoms with van der Waals surface area (Å²) >= 11 is 0. The molecule has 21 heavy (non-hydrogen) atoms. The normalized spacial score (nSPS) is 25.9. The van der Waals surface area contributed by atoms with E-state index in [1.54, 1.807) is 0 Å². The van der Waals surface area contributed by atoms with Gasteiger partial charge in [-0.3, -0.25) is 9.59 Å². The average molecular weight is 290 g/mol. The molecule has 5 nitrogen and oxygen atoms in total. The number of nitrogens with zero attached hydrogens (tertiary/aromatic N) is 1. The summed E-state index contributed by atoms with van der Waals surface area (Å²) < 4.78 is 5.67. The largest absolute Gasteiger partial charge is 0.372 e. The van der Waals surface area contributed by atoms with Crippen LogP contribution in [0.2, 0.25) is 0 Å². The Hall–Kier alpha value is -1.62. The average Bonchev–Trinajstić information content (AvgIpc) is 2.75. The highest BCUT2D eigenvalue weighted by molar-refractivity contribution is 6.04. The summed E-state index contributed by atoms with van der Waals surface area (Å²) in [4.78, 5) is 29.9. The number of ketones is 1. The number of morpholine rings is 1. The molecule has 114 valence electrons. The number of H-pyrrole nitrogens is 1. The second-order valence-corrected chi connectivity index (χ2v) is 6.22. The number of rotatable bonds is 1. The third kappa shape index (κ3) is 2.50. The second-order valence-electron chi connectivity index (χ2n) is 6.22. The molecule has 0 aromatic carbocycles. The van der Waals surface area contributed by atoms with Crippen molar-refractivity contribution >= 4 is 11.7 Å². The van der Waals surface area contributed by atoms with Crippen molar-refractivity contribution in [2.45, 2.75) is 52.2 Å². The van der Waals surface area contributed by atoms with Gasteiger partial charge in [0, 0.05) is 30.8 Å². The van der Waals surface area contributed by atoms with Gasteiger partial charge in [0.2, 0.25) is 0 Å². The molecule has 1 N–H and O–H groups in total. The number of fused-ring (bicyclic) bond motifs is 1. The van der Waals surface area contributed by atoms with E-state index in [9.17, 15) is 9.59 Å². The highest BCUT2D eigenvalue weighted by Gasteiger charge is 2.31. The van der Waals surface area contributed by atoms with E-state index < -0.39 is 0 Å². The van der Waals surface area contributed by atoms with E-state index in [0.29, 0.717) is 25.2 Å². The lowest BCUT2D eigenvalue weighted by atomic mass is 9.93. The molecule has 0 spiro atoms. The molecule has 5 heteroatoms. The van der Waals surface area contributed by atoms with Crippen LogP contribution >= 0.6 is 0 Å². The zero-order chi connectivity index (χ0) is 15.1. The molecule has 0 bridgehead atoms. The van der Waals surface area contributed by atoms with Gasteiger partial charge in [-0.1, -0.05) is 0 Å². The number of aryl methyl sites for hydroxylation is 1. The molecular formula is C16H22N2O3. The fraction of sp³-hybridized carbons (Fsp3) is 0.625. The van der Waals surface area contributed by atoms with Crippen molar-refractivity contribution in [1.29, 1.82) is 0 Å². The number of amides is 1. The van der Waals surface area contributed by atoms with Gasteiger partial charge in [-0.05, 0) is 39.2 Å². The quantitative estimate of drug-likeness (QED) is 0.861. The minimum atomic E-state index is -0.0169. The summed E-state index contributed by atoms with van der Waals surface area (Å²) in [6.07, 6.45) is 2.40. The second kappa shape index (κ2) is 5.30. The van der Waals surface area contributed by atoms with Crippen LogP contribution in [0.4, 0.5) is 0 Å². The maximum Gasteiger partial charge on any atom is 0.270 e. The predicted octanol–water partition coefficient (Wildman–Crippen LogP) is 2.09. The smallest absolute Gasteiger partial charge is 0.270 e. The van der Waals surface area contributed by atoms with Crippen LogP contribution < -0.4 is 0 Å². The lowest BCUT2D eigenvalue weighted by Crippen LogP contribution is -2.48. The molecule has 2 aliphatic rings. The summed E-state index contributed by atoms with van der Waals surface area (Å²) in [6.45, 7) is 7.03. The number of nitrogens with one attached hydrogen (secondary N) is 1. The van der Waals surface area contributed by atoms with Crippen LogP contribution in [-0.4, -0.2) is 46.9 Å². The van der Waals surface area contributed by atoms with Crippen LogP contribution in [0, 0.1) is 6.92 Å². The fourth-order valence-corrected chi connectivity index (χ4v) is 3.49. The van der Waals surface area contributed by atoms with Crippen molar-refractivity contribution in [3.63, 3.8) is 0 Å². The van der Waals surface area contributed by atoms with Gasteiger partial charge in [0.25, 0.3) is 5.91 Å². The Balaban J connectivity index is 1.90. The fourth-order valence-electron chi connectivity index (χ4n) is 3.49. The number of hydrogen-bond donors (Lipinski definition) is 1. The van der Waals surface area contributed by atoms with Crippen LogP contribution in [0.3, 0.4) is 0 Å². The molecule has 3 rings (SSSR count). The molecule has 0 radical (unpaired) electrons. The molecule has 0 unspecified atom stereocenters. The number of carbonyl (C=O) groups is 2. The zero-order valence-corrected chi connectivity index (χ0v) is 12.9. The lowest BCUT2D eigenvalue weighted by molar-refractivity contribution is -0.0587. The van der Waals surface area contributed by atoms with Crippen molar-refractivity contribution < 1.29 is 14.3 Å². The molecule has 1 aromatic heterocycles. The molecule has 1 fully saturated rings. The van der Waals surface area contributed by atoms with E-state index >= 15 is 0 Å². The summed E-state index contributed by atoms with van der Waals surface area (Å²) in [7, 11) is 0. The minimum absolute atomic E-state index is 0.0169. The Kier molecular flexibility index (Phi) is 3.61. The number of ether oxygens (including phenoxy) is 1. The van der Waals surface area contributed by atoms with Crippen molar-refractivity contribution in [3.8, 4) is 0 Å². The van der Waals surface area contributed by atoms with E-state index in [4.69, 9.17) is 4.74 Å². The lowest BCUT2D eigenvalue weighted by Gasteiger charge is -2.35. The van der Waals surface area contributed by atoms with Crippen molar-refractivity contribution in [3.05, 3.63) is 22.5 Å². The predicted molar refractivity (Wildman–Crippen MR) is 78.7 cm³/mol. The van der Waals surface area contributed by atoms with Crippen LogP contribution in [0.25, 0.3) is 0 Å². The summed E-state index contributed by atoms with van der Waals surface area (Å²) in [5.74, 6) is 0.143. The highest BCUT2D eigenvalue weighted by Crippen LogP contribution is 2.27. The van der Waals surface area contributed by atoms with Crippen molar-refractivity contribution in [2.24, 2.45) is 0 Å². The topological polar surface area (TPSA) is 62.4 Å². The third-order valence-corrected chi connectivity index (χ3v) is 4.36. The molecule has 1 aromatic rings. The summed E-state index contributed by atoms with van der Waals surface area (Å²) in [5, 5.41) is 0. The first-order valence-electron chi connectivity index (χ1n) is 7.66. The first kappa shape index (κ1) is 14.3. The van der Waals surface area contributed by atoms with E-state index in [1.165, 1.54) is 0 Å². The first-order chi connectivity index (χ1) is 9.97. The van der Waals surface area contributed by atoms with Gasteiger partial charge in [0.05, 0.1) is 12.2 Å². The molecular weight excluding hydrogens is 268 g/mol. The van der Waals surface area contributed by atoms with Gasteiger partial charge < -0.3 is 14.6 Å². The molecule has 1 aliphatic heterocycles. The minimum Gasteiger partial charge on any atom is -0.372 e. The summed E-state index contributed by atoms with van der Waals surface area (Å²) in [5.41, 5.74) is 3.07. The maximum absolute atomic E-state index is 12.8. The molecule has 2 atom stereocenters. The van der Waals surface area contributed by atoms with Crippen LogP contribution in [0.15, 0.2) is 0 Å². The first-order valence-corrected chi connectivity index (χ1v) is 7.66.